The molecular formula is C12H12N4O4. The second kappa shape index (κ2) is 4.80. The van der Waals surface area contributed by atoms with Gasteiger partial charge in [-0.15, -0.1) is 0 Å². The second-order valence-electron chi connectivity index (χ2n) is 4.61. The lowest BCUT2D eigenvalue weighted by molar-refractivity contribution is -0.384. The van der Waals surface area contributed by atoms with Crippen molar-refractivity contribution in [3.8, 4) is 0 Å². The average Bonchev–Trinajstić information content (AvgIpc) is 2.82. The van der Waals surface area contributed by atoms with E-state index in [0.717, 1.165) is 0 Å². The van der Waals surface area contributed by atoms with Crippen molar-refractivity contribution >= 4 is 28.7 Å². The standard InChI is InChI=1S/C12H12N4O4/c17-11-4-1-7(6-13-11)14-12-15-9-3-2-8(16(18)19)5-10(9)20-12/h2-3,5,7H,1,4,6H2,(H,13,17)(H,14,15). The Balaban J connectivity index is 1.78. The van der Waals surface area contributed by atoms with Crippen molar-refractivity contribution in [3.63, 3.8) is 0 Å². The minimum atomic E-state index is -0.480. The van der Waals surface area contributed by atoms with Crippen molar-refractivity contribution in [1.82, 2.24) is 10.3 Å². The molecule has 1 fully saturated rings. The van der Waals surface area contributed by atoms with E-state index < -0.39 is 4.92 Å². The van der Waals surface area contributed by atoms with Gasteiger partial charge in [0, 0.05) is 25.1 Å². The smallest absolute Gasteiger partial charge is 0.295 e. The summed E-state index contributed by atoms with van der Waals surface area (Å²) in [5.74, 6) is 0.0382. The first-order valence-corrected chi connectivity index (χ1v) is 6.20. The summed E-state index contributed by atoms with van der Waals surface area (Å²) in [4.78, 5) is 25.5. The Morgan fingerprint density at radius 2 is 2.35 bits per heavy atom. The van der Waals surface area contributed by atoms with E-state index in [1.54, 1.807) is 6.07 Å². The summed E-state index contributed by atoms with van der Waals surface area (Å²) >= 11 is 0. The molecule has 1 amide bonds. The maximum atomic E-state index is 11.1. The van der Waals surface area contributed by atoms with Crippen LogP contribution in [0.15, 0.2) is 22.6 Å². The number of fused-ring (bicyclic) bond motifs is 1. The van der Waals surface area contributed by atoms with Crippen LogP contribution in [0.5, 0.6) is 0 Å². The first-order chi connectivity index (χ1) is 9.61. The number of rotatable bonds is 3. The number of non-ortho nitro benzene ring substituents is 1. The number of hydrogen-bond donors (Lipinski definition) is 2. The number of carbonyl (C=O) groups is 1. The lowest BCUT2D eigenvalue weighted by Gasteiger charge is -2.22. The van der Waals surface area contributed by atoms with E-state index in [0.29, 0.717) is 36.5 Å². The Morgan fingerprint density at radius 1 is 1.50 bits per heavy atom. The van der Waals surface area contributed by atoms with Crippen LogP contribution in [0.1, 0.15) is 12.8 Å². The van der Waals surface area contributed by atoms with Crippen LogP contribution in [0.2, 0.25) is 0 Å². The third-order valence-corrected chi connectivity index (χ3v) is 3.18. The molecule has 8 heteroatoms. The highest BCUT2D eigenvalue weighted by molar-refractivity contribution is 5.78. The Hall–Kier alpha value is -2.64. The minimum Gasteiger partial charge on any atom is -0.423 e. The summed E-state index contributed by atoms with van der Waals surface area (Å²) in [5, 5.41) is 16.5. The highest BCUT2D eigenvalue weighted by Crippen LogP contribution is 2.24. The van der Waals surface area contributed by atoms with Crippen molar-refractivity contribution in [2.24, 2.45) is 0 Å². The number of oxazole rings is 1. The van der Waals surface area contributed by atoms with E-state index in [9.17, 15) is 14.9 Å². The second-order valence-corrected chi connectivity index (χ2v) is 4.61. The zero-order valence-corrected chi connectivity index (χ0v) is 10.5. The predicted molar refractivity (Wildman–Crippen MR) is 70.3 cm³/mol. The number of anilines is 1. The predicted octanol–water partition coefficient (Wildman–Crippen LogP) is 1.43. The number of nitrogens with one attached hydrogen (secondary N) is 2. The topological polar surface area (TPSA) is 110 Å². The van der Waals surface area contributed by atoms with Crippen molar-refractivity contribution < 1.29 is 14.1 Å². The lowest BCUT2D eigenvalue weighted by Crippen LogP contribution is -2.41. The summed E-state index contributed by atoms with van der Waals surface area (Å²) in [6, 6.07) is 4.63. The van der Waals surface area contributed by atoms with Gasteiger partial charge in [0.25, 0.3) is 11.7 Å². The van der Waals surface area contributed by atoms with E-state index in [2.05, 4.69) is 15.6 Å². The Labute approximate surface area is 113 Å². The van der Waals surface area contributed by atoms with Gasteiger partial charge in [-0.25, -0.2) is 0 Å². The molecule has 2 N–H and O–H groups in total. The number of piperidine rings is 1. The number of benzene rings is 1. The molecule has 1 aromatic carbocycles. The number of amides is 1. The molecule has 0 aliphatic carbocycles. The van der Waals surface area contributed by atoms with Gasteiger partial charge in [0.15, 0.2) is 5.58 Å². The van der Waals surface area contributed by atoms with E-state index in [-0.39, 0.29) is 17.6 Å². The molecule has 1 aliphatic rings. The molecule has 1 saturated heterocycles. The van der Waals surface area contributed by atoms with Crippen molar-refractivity contribution in [3.05, 3.63) is 28.3 Å². The number of nitrogens with zero attached hydrogens (tertiary/aromatic N) is 2. The molecule has 1 unspecified atom stereocenters. The van der Waals surface area contributed by atoms with Crippen molar-refractivity contribution in [2.45, 2.75) is 18.9 Å². The molecule has 3 rings (SSSR count). The molecule has 8 nitrogen and oxygen atoms in total. The average molecular weight is 276 g/mol. The van der Waals surface area contributed by atoms with Crippen LogP contribution < -0.4 is 10.6 Å². The molecule has 0 spiro atoms. The normalized spacial score (nSPS) is 18.8. The van der Waals surface area contributed by atoms with Crippen LogP contribution >= 0.6 is 0 Å². The van der Waals surface area contributed by atoms with Crippen LogP contribution in [0.3, 0.4) is 0 Å². The highest BCUT2D eigenvalue weighted by atomic mass is 16.6. The maximum absolute atomic E-state index is 11.1. The molecule has 104 valence electrons. The molecule has 0 radical (unpaired) electrons. The van der Waals surface area contributed by atoms with Crippen LogP contribution in [0.4, 0.5) is 11.7 Å². The fraction of sp³-hybridized carbons (Fsp3) is 0.333. The fourth-order valence-corrected chi connectivity index (χ4v) is 2.12. The molecule has 0 saturated carbocycles. The highest BCUT2D eigenvalue weighted by Gasteiger charge is 2.20. The van der Waals surface area contributed by atoms with E-state index in [4.69, 9.17) is 4.42 Å². The maximum Gasteiger partial charge on any atom is 0.295 e. The SMILES string of the molecule is O=C1CCC(Nc2nc3ccc([N+](=O)[O-])cc3o2)CN1. The van der Waals surface area contributed by atoms with Gasteiger partial charge < -0.3 is 15.1 Å². The van der Waals surface area contributed by atoms with E-state index in [1.165, 1.54) is 12.1 Å². The third-order valence-electron chi connectivity index (χ3n) is 3.18. The zero-order chi connectivity index (χ0) is 14.1. The van der Waals surface area contributed by atoms with Gasteiger partial charge in [-0.05, 0) is 12.5 Å². The quantitative estimate of drug-likeness (QED) is 0.648. The van der Waals surface area contributed by atoms with Gasteiger partial charge >= 0.3 is 0 Å². The lowest BCUT2D eigenvalue weighted by atomic mass is 10.1. The monoisotopic (exact) mass is 276 g/mol. The summed E-state index contributed by atoms with van der Waals surface area (Å²) in [7, 11) is 0. The van der Waals surface area contributed by atoms with Gasteiger partial charge in [-0.3, -0.25) is 14.9 Å². The zero-order valence-electron chi connectivity index (χ0n) is 10.5. The largest absolute Gasteiger partial charge is 0.423 e. The minimum absolute atomic E-state index is 0.0369. The van der Waals surface area contributed by atoms with E-state index >= 15 is 0 Å². The number of hydrogen-bond acceptors (Lipinski definition) is 6. The van der Waals surface area contributed by atoms with Gasteiger partial charge in [0.2, 0.25) is 5.91 Å². The fourth-order valence-electron chi connectivity index (χ4n) is 2.12. The van der Waals surface area contributed by atoms with E-state index in [1.807, 2.05) is 0 Å². The van der Waals surface area contributed by atoms with Gasteiger partial charge in [-0.2, -0.15) is 4.98 Å². The van der Waals surface area contributed by atoms with Crippen molar-refractivity contribution in [2.75, 3.05) is 11.9 Å². The first-order valence-electron chi connectivity index (χ1n) is 6.20. The Kier molecular flexibility index (Phi) is 2.97. The molecule has 20 heavy (non-hydrogen) atoms. The van der Waals surface area contributed by atoms with Gasteiger partial charge in [0.05, 0.1) is 11.0 Å². The summed E-state index contributed by atoms with van der Waals surface area (Å²) in [5.41, 5.74) is 0.879. The molecule has 2 aromatic rings. The molecule has 2 heterocycles. The molecular weight excluding hydrogens is 264 g/mol. The number of nitro benzene ring substituents is 1. The van der Waals surface area contributed by atoms with Crippen LogP contribution in [-0.2, 0) is 4.79 Å². The van der Waals surface area contributed by atoms with Crippen molar-refractivity contribution in [1.29, 1.82) is 0 Å². The summed E-state index contributed by atoms with van der Waals surface area (Å²) < 4.78 is 5.45. The molecule has 1 aromatic heterocycles. The number of nitro groups is 1. The summed E-state index contributed by atoms with van der Waals surface area (Å²) in [6.45, 7) is 0.512. The van der Waals surface area contributed by atoms with Crippen LogP contribution in [0.25, 0.3) is 11.1 Å². The first kappa shape index (κ1) is 12.4. The third kappa shape index (κ3) is 2.40. The van der Waals surface area contributed by atoms with Crippen LogP contribution in [0, 0.1) is 10.1 Å². The molecule has 0 bridgehead atoms. The number of aromatic nitrogens is 1. The van der Waals surface area contributed by atoms with Crippen LogP contribution in [-0.4, -0.2) is 28.4 Å². The summed E-state index contributed by atoms with van der Waals surface area (Å²) in [6.07, 6.45) is 1.16. The van der Waals surface area contributed by atoms with Gasteiger partial charge in [-0.1, -0.05) is 0 Å². The van der Waals surface area contributed by atoms with Gasteiger partial charge in [0.1, 0.15) is 5.52 Å². The Morgan fingerprint density at radius 3 is 3.05 bits per heavy atom. The Bertz CT molecular complexity index is 671. The molecule has 1 aliphatic heterocycles. The number of carbonyl (C=O) groups excluding carboxylic acids is 1. The molecule has 1 atom stereocenters.